The number of hydrogen-bond acceptors (Lipinski definition) is 8. The van der Waals surface area contributed by atoms with Gasteiger partial charge >= 0.3 is 0 Å². The van der Waals surface area contributed by atoms with Crippen molar-refractivity contribution in [2.75, 3.05) is 26.0 Å². The maximum absolute atomic E-state index is 13.5. The van der Waals surface area contributed by atoms with E-state index in [9.17, 15) is 13.2 Å². The Balaban J connectivity index is 1.58. The van der Waals surface area contributed by atoms with E-state index in [2.05, 4.69) is 20.3 Å². The number of carbonyl (C=O) groups is 1. The highest BCUT2D eigenvalue weighted by Crippen LogP contribution is 2.24. The third kappa shape index (κ3) is 6.30. The normalized spacial score (nSPS) is 11.4. The number of anilines is 1. The number of nitrogens with zero attached hydrogens (tertiary/aromatic N) is 5. The fraction of sp³-hybridized carbons (Fsp3) is 0.200. The first kappa shape index (κ1) is 25.4. The molecular weight excluding hydrogens is 496 g/mol. The lowest BCUT2D eigenvalue weighted by atomic mass is 10.1. The number of aromatic nitrogens is 3. The van der Waals surface area contributed by atoms with Crippen molar-refractivity contribution in [2.45, 2.75) is 18.1 Å². The SMILES string of the molecule is CN(C)C(=O)CNc1cccc(CN(Cc2ccc(-c3nccs3)cc2)S(=O)(=O)c2ccccn2)n1. The van der Waals surface area contributed by atoms with E-state index < -0.39 is 10.0 Å². The predicted octanol–water partition coefficient (Wildman–Crippen LogP) is 3.49. The maximum atomic E-state index is 13.5. The number of hydrogen-bond donors (Lipinski definition) is 1. The van der Waals surface area contributed by atoms with E-state index in [1.807, 2.05) is 29.6 Å². The van der Waals surface area contributed by atoms with E-state index in [0.29, 0.717) is 11.5 Å². The van der Waals surface area contributed by atoms with Crippen LogP contribution in [0.4, 0.5) is 5.82 Å². The Kier molecular flexibility index (Phi) is 8.04. The Hall–Kier alpha value is -3.67. The van der Waals surface area contributed by atoms with Gasteiger partial charge in [0.05, 0.1) is 18.8 Å². The van der Waals surface area contributed by atoms with Gasteiger partial charge in [0.2, 0.25) is 5.91 Å². The number of carbonyl (C=O) groups excluding carboxylic acids is 1. The Morgan fingerprint density at radius 1 is 0.944 bits per heavy atom. The van der Waals surface area contributed by atoms with E-state index in [1.165, 1.54) is 21.5 Å². The van der Waals surface area contributed by atoms with Crippen LogP contribution < -0.4 is 5.32 Å². The molecular formula is C25H26N6O3S2. The van der Waals surface area contributed by atoms with Gasteiger partial charge in [-0.3, -0.25) is 4.79 Å². The summed E-state index contributed by atoms with van der Waals surface area (Å²) in [5, 5.41) is 5.78. The van der Waals surface area contributed by atoms with Crippen LogP contribution >= 0.6 is 11.3 Å². The number of amides is 1. The number of sulfonamides is 1. The number of pyridine rings is 2. The zero-order chi connectivity index (χ0) is 25.5. The van der Waals surface area contributed by atoms with Crippen LogP contribution in [0.1, 0.15) is 11.3 Å². The van der Waals surface area contributed by atoms with Gasteiger partial charge in [-0.25, -0.2) is 23.4 Å². The van der Waals surface area contributed by atoms with Crippen LogP contribution in [0.3, 0.4) is 0 Å². The standard InChI is InChI=1S/C25H26N6O3S2/c1-30(2)24(32)16-28-22-7-5-6-21(29-22)18-31(36(33,34)23-8-3-4-13-26-23)17-19-9-11-20(12-10-19)25-27-14-15-35-25/h3-15H,16-18H2,1-2H3,(H,28,29). The molecule has 0 atom stereocenters. The summed E-state index contributed by atoms with van der Waals surface area (Å²) in [6.07, 6.45) is 3.21. The molecule has 0 bridgehead atoms. The van der Waals surface area contributed by atoms with Gasteiger partial charge in [-0.05, 0) is 29.8 Å². The third-order valence-corrected chi connectivity index (χ3v) is 7.83. The zero-order valence-corrected chi connectivity index (χ0v) is 21.5. The first-order chi connectivity index (χ1) is 17.3. The zero-order valence-electron chi connectivity index (χ0n) is 19.9. The Morgan fingerprint density at radius 2 is 1.75 bits per heavy atom. The van der Waals surface area contributed by atoms with Gasteiger partial charge in [0.1, 0.15) is 10.8 Å². The molecule has 0 saturated heterocycles. The highest BCUT2D eigenvalue weighted by atomic mass is 32.2. The van der Waals surface area contributed by atoms with Crippen molar-refractivity contribution < 1.29 is 13.2 Å². The van der Waals surface area contributed by atoms with Crippen molar-refractivity contribution in [3.8, 4) is 10.6 Å². The maximum Gasteiger partial charge on any atom is 0.261 e. The molecule has 0 spiro atoms. The van der Waals surface area contributed by atoms with Gasteiger partial charge < -0.3 is 10.2 Å². The molecule has 0 aliphatic heterocycles. The molecule has 36 heavy (non-hydrogen) atoms. The molecule has 186 valence electrons. The molecule has 0 radical (unpaired) electrons. The molecule has 0 fully saturated rings. The van der Waals surface area contributed by atoms with E-state index in [-0.39, 0.29) is 30.6 Å². The van der Waals surface area contributed by atoms with Crippen molar-refractivity contribution in [1.29, 1.82) is 0 Å². The molecule has 4 rings (SSSR count). The van der Waals surface area contributed by atoms with Crippen molar-refractivity contribution in [1.82, 2.24) is 24.2 Å². The molecule has 3 heterocycles. The highest BCUT2D eigenvalue weighted by molar-refractivity contribution is 7.89. The molecule has 3 aromatic heterocycles. The lowest BCUT2D eigenvalue weighted by Crippen LogP contribution is -2.31. The van der Waals surface area contributed by atoms with Crippen LogP contribution in [0.15, 0.2) is 83.5 Å². The second-order valence-electron chi connectivity index (χ2n) is 8.13. The predicted molar refractivity (Wildman–Crippen MR) is 140 cm³/mol. The third-order valence-electron chi connectivity index (χ3n) is 5.30. The average Bonchev–Trinajstić information content (AvgIpc) is 3.43. The first-order valence-electron chi connectivity index (χ1n) is 11.1. The van der Waals surface area contributed by atoms with Crippen LogP contribution in [-0.4, -0.2) is 59.1 Å². The lowest BCUT2D eigenvalue weighted by molar-refractivity contribution is -0.126. The van der Waals surface area contributed by atoms with Gasteiger partial charge in [-0.2, -0.15) is 4.31 Å². The summed E-state index contributed by atoms with van der Waals surface area (Å²) >= 11 is 1.54. The minimum absolute atomic E-state index is 0.0320. The number of rotatable bonds is 10. The quantitative estimate of drug-likeness (QED) is 0.340. The molecule has 1 amide bonds. The Bertz CT molecular complexity index is 1390. The van der Waals surface area contributed by atoms with Crippen LogP contribution in [0.25, 0.3) is 10.6 Å². The second kappa shape index (κ2) is 11.4. The van der Waals surface area contributed by atoms with Crippen molar-refractivity contribution in [3.63, 3.8) is 0 Å². The minimum atomic E-state index is -3.91. The molecule has 1 aromatic carbocycles. The Morgan fingerprint density at radius 3 is 2.42 bits per heavy atom. The summed E-state index contributed by atoms with van der Waals surface area (Å²) in [6.45, 7) is 0.255. The monoisotopic (exact) mass is 522 g/mol. The first-order valence-corrected chi connectivity index (χ1v) is 13.4. The smallest absolute Gasteiger partial charge is 0.261 e. The van der Waals surface area contributed by atoms with Crippen LogP contribution in [-0.2, 0) is 27.9 Å². The number of nitrogens with one attached hydrogen (secondary N) is 1. The highest BCUT2D eigenvalue weighted by Gasteiger charge is 2.26. The molecule has 0 unspecified atom stereocenters. The number of likely N-dealkylation sites (N-methyl/N-ethyl adjacent to an activating group) is 1. The molecule has 9 nitrogen and oxygen atoms in total. The summed E-state index contributed by atoms with van der Waals surface area (Å²) in [6, 6.07) is 17.7. The molecule has 4 aromatic rings. The number of benzene rings is 1. The van der Waals surface area contributed by atoms with Crippen LogP contribution in [0, 0.1) is 0 Å². The molecule has 0 saturated carbocycles. The number of thiazole rings is 1. The van der Waals surface area contributed by atoms with Gasteiger partial charge in [0, 0.05) is 44.0 Å². The summed E-state index contributed by atoms with van der Waals surface area (Å²) < 4.78 is 28.4. The summed E-state index contributed by atoms with van der Waals surface area (Å²) in [5.74, 6) is 0.397. The lowest BCUT2D eigenvalue weighted by Gasteiger charge is -2.22. The van der Waals surface area contributed by atoms with E-state index in [0.717, 1.165) is 16.1 Å². The molecule has 0 aliphatic carbocycles. The van der Waals surface area contributed by atoms with Gasteiger partial charge in [-0.15, -0.1) is 11.3 Å². The van der Waals surface area contributed by atoms with Crippen LogP contribution in [0.5, 0.6) is 0 Å². The van der Waals surface area contributed by atoms with Crippen molar-refractivity contribution in [3.05, 3.63) is 89.7 Å². The second-order valence-corrected chi connectivity index (χ2v) is 10.9. The summed E-state index contributed by atoms with van der Waals surface area (Å²) in [5.41, 5.74) is 2.33. The molecule has 0 aliphatic rings. The van der Waals surface area contributed by atoms with Gasteiger partial charge in [0.25, 0.3) is 10.0 Å². The topological polar surface area (TPSA) is 108 Å². The molecule has 1 N–H and O–H groups in total. The van der Waals surface area contributed by atoms with Crippen molar-refractivity contribution in [2.24, 2.45) is 0 Å². The largest absolute Gasteiger partial charge is 0.361 e. The average molecular weight is 523 g/mol. The van der Waals surface area contributed by atoms with E-state index in [1.54, 1.807) is 62.0 Å². The summed E-state index contributed by atoms with van der Waals surface area (Å²) in [4.78, 5) is 26.3. The molecule has 11 heteroatoms. The van der Waals surface area contributed by atoms with Gasteiger partial charge in [-0.1, -0.05) is 36.4 Å². The van der Waals surface area contributed by atoms with Crippen LogP contribution in [0.2, 0.25) is 0 Å². The van der Waals surface area contributed by atoms with Gasteiger partial charge in [0.15, 0.2) is 5.03 Å². The van der Waals surface area contributed by atoms with E-state index in [4.69, 9.17) is 0 Å². The van der Waals surface area contributed by atoms with Crippen molar-refractivity contribution >= 4 is 33.1 Å². The minimum Gasteiger partial charge on any atom is -0.361 e. The van der Waals surface area contributed by atoms with E-state index >= 15 is 0 Å². The fourth-order valence-corrected chi connectivity index (χ4v) is 5.33. The summed E-state index contributed by atoms with van der Waals surface area (Å²) in [7, 11) is -0.553. The fourth-order valence-electron chi connectivity index (χ4n) is 3.35. The Labute approximate surface area is 214 Å².